The molecule has 3 heteroatoms. The van der Waals surface area contributed by atoms with Crippen molar-refractivity contribution >= 4 is 16.9 Å². The lowest BCUT2D eigenvalue weighted by molar-refractivity contribution is 0.106. The largest absolute Gasteiger partial charge is 0.460 e. The van der Waals surface area contributed by atoms with Crippen LogP contribution in [0.3, 0.4) is 0 Å². The van der Waals surface area contributed by atoms with E-state index in [1.807, 2.05) is 0 Å². The zero-order valence-electron chi connectivity index (χ0n) is 7.24. The standard InChI is InChI=1S/C9H12O2S/c1-7(2)6-12-9(10)8-4-3-5-11-8/h3-5,7H,6H2,1-2H3. The van der Waals surface area contributed by atoms with E-state index < -0.39 is 0 Å². The Morgan fingerprint density at radius 2 is 2.42 bits per heavy atom. The molecule has 0 bridgehead atoms. The third kappa shape index (κ3) is 2.74. The molecule has 0 N–H and O–H groups in total. The van der Waals surface area contributed by atoms with E-state index in [1.165, 1.54) is 18.0 Å². The van der Waals surface area contributed by atoms with Crippen molar-refractivity contribution in [1.82, 2.24) is 0 Å². The molecule has 2 nitrogen and oxygen atoms in total. The van der Waals surface area contributed by atoms with Gasteiger partial charge in [-0.3, -0.25) is 4.79 Å². The Morgan fingerprint density at radius 3 is 2.92 bits per heavy atom. The van der Waals surface area contributed by atoms with Gasteiger partial charge in [-0.2, -0.15) is 0 Å². The van der Waals surface area contributed by atoms with Crippen LogP contribution in [-0.4, -0.2) is 10.9 Å². The van der Waals surface area contributed by atoms with E-state index in [9.17, 15) is 4.79 Å². The summed E-state index contributed by atoms with van der Waals surface area (Å²) < 4.78 is 4.96. The van der Waals surface area contributed by atoms with Crippen LogP contribution in [0.25, 0.3) is 0 Å². The van der Waals surface area contributed by atoms with Gasteiger partial charge in [0.1, 0.15) is 0 Å². The maximum atomic E-state index is 11.3. The maximum Gasteiger partial charge on any atom is 0.254 e. The zero-order chi connectivity index (χ0) is 8.97. The smallest absolute Gasteiger partial charge is 0.254 e. The van der Waals surface area contributed by atoms with E-state index in [2.05, 4.69) is 13.8 Å². The Labute approximate surface area is 76.3 Å². The predicted molar refractivity (Wildman–Crippen MR) is 50.3 cm³/mol. The molecule has 0 aromatic carbocycles. The van der Waals surface area contributed by atoms with Crippen molar-refractivity contribution in [2.45, 2.75) is 13.8 Å². The van der Waals surface area contributed by atoms with Gasteiger partial charge in [-0.05, 0) is 18.1 Å². The van der Waals surface area contributed by atoms with Gasteiger partial charge in [0, 0.05) is 5.75 Å². The van der Waals surface area contributed by atoms with Crippen LogP contribution in [0.15, 0.2) is 22.8 Å². The average molecular weight is 184 g/mol. The van der Waals surface area contributed by atoms with Gasteiger partial charge in [0.25, 0.3) is 5.12 Å². The van der Waals surface area contributed by atoms with Gasteiger partial charge in [-0.25, -0.2) is 0 Å². The van der Waals surface area contributed by atoms with E-state index in [1.54, 1.807) is 12.1 Å². The van der Waals surface area contributed by atoms with Crippen LogP contribution < -0.4 is 0 Å². The van der Waals surface area contributed by atoms with Gasteiger partial charge in [-0.1, -0.05) is 25.6 Å². The lowest BCUT2D eigenvalue weighted by Crippen LogP contribution is -1.97. The molecule has 1 aromatic heterocycles. The molecule has 0 radical (unpaired) electrons. The first-order valence-corrected chi connectivity index (χ1v) is 4.89. The molecule has 0 atom stereocenters. The summed E-state index contributed by atoms with van der Waals surface area (Å²) in [5, 5.41) is 0.0219. The van der Waals surface area contributed by atoms with Crippen LogP contribution in [0.2, 0.25) is 0 Å². The van der Waals surface area contributed by atoms with E-state index in [-0.39, 0.29) is 5.12 Å². The summed E-state index contributed by atoms with van der Waals surface area (Å²) >= 11 is 1.31. The molecule has 1 aromatic rings. The molecule has 0 aliphatic heterocycles. The van der Waals surface area contributed by atoms with Crippen LogP contribution in [0.5, 0.6) is 0 Å². The van der Waals surface area contributed by atoms with Crippen molar-refractivity contribution in [1.29, 1.82) is 0 Å². The first-order valence-electron chi connectivity index (χ1n) is 3.91. The minimum atomic E-state index is 0.0219. The Hall–Kier alpha value is -0.700. The van der Waals surface area contributed by atoms with Crippen molar-refractivity contribution in [2.24, 2.45) is 5.92 Å². The fourth-order valence-electron chi connectivity index (χ4n) is 0.708. The molecule has 0 aliphatic carbocycles. The highest BCUT2D eigenvalue weighted by molar-refractivity contribution is 8.14. The fraction of sp³-hybridized carbons (Fsp3) is 0.444. The number of furan rings is 1. The lowest BCUT2D eigenvalue weighted by Gasteiger charge is -2.00. The third-order valence-corrected chi connectivity index (χ3v) is 2.57. The molecule has 0 fully saturated rings. The molecule has 12 heavy (non-hydrogen) atoms. The first kappa shape index (κ1) is 9.39. The van der Waals surface area contributed by atoms with E-state index in [0.29, 0.717) is 11.7 Å². The highest BCUT2D eigenvalue weighted by Crippen LogP contribution is 2.15. The molecule has 0 saturated carbocycles. The minimum Gasteiger partial charge on any atom is -0.460 e. The molecule has 0 amide bonds. The Balaban J connectivity index is 2.40. The van der Waals surface area contributed by atoms with Crippen LogP contribution in [0.4, 0.5) is 0 Å². The molecule has 0 aliphatic rings. The predicted octanol–water partition coefficient (Wildman–Crippen LogP) is 2.81. The maximum absolute atomic E-state index is 11.3. The minimum absolute atomic E-state index is 0.0219. The Bertz CT molecular complexity index is 239. The van der Waals surface area contributed by atoms with Gasteiger partial charge >= 0.3 is 0 Å². The second kappa shape index (κ2) is 4.36. The van der Waals surface area contributed by atoms with Crippen molar-refractivity contribution in [2.75, 3.05) is 5.75 Å². The topological polar surface area (TPSA) is 30.2 Å². The third-order valence-electron chi connectivity index (χ3n) is 1.27. The Morgan fingerprint density at radius 1 is 1.67 bits per heavy atom. The molecular formula is C9H12O2S. The number of thioether (sulfide) groups is 1. The number of carbonyl (C=O) groups is 1. The second-order valence-electron chi connectivity index (χ2n) is 2.97. The highest BCUT2D eigenvalue weighted by atomic mass is 32.2. The fourth-order valence-corrected chi connectivity index (χ4v) is 1.45. The number of rotatable bonds is 3. The first-order chi connectivity index (χ1) is 5.70. The van der Waals surface area contributed by atoms with Gasteiger partial charge in [-0.15, -0.1) is 0 Å². The molecule has 1 rings (SSSR count). The summed E-state index contributed by atoms with van der Waals surface area (Å²) in [6.07, 6.45) is 1.52. The van der Waals surface area contributed by atoms with Crippen LogP contribution in [0.1, 0.15) is 24.4 Å². The summed E-state index contributed by atoms with van der Waals surface area (Å²) in [5.41, 5.74) is 0. The molecule has 1 heterocycles. The monoisotopic (exact) mass is 184 g/mol. The normalized spacial score (nSPS) is 10.6. The molecule has 0 spiro atoms. The van der Waals surface area contributed by atoms with Gasteiger partial charge < -0.3 is 4.42 Å². The van der Waals surface area contributed by atoms with Crippen LogP contribution in [0, 0.1) is 5.92 Å². The summed E-state index contributed by atoms with van der Waals surface area (Å²) in [6.45, 7) is 4.17. The summed E-state index contributed by atoms with van der Waals surface area (Å²) in [7, 11) is 0. The molecule has 0 saturated heterocycles. The lowest BCUT2D eigenvalue weighted by atomic mass is 10.3. The van der Waals surface area contributed by atoms with Crippen molar-refractivity contribution in [3.05, 3.63) is 24.2 Å². The molecule has 0 unspecified atom stereocenters. The quantitative estimate of drug-likeness (QED) is 0.723. The van der Waals surface area contributed by atoms with Crippen LogP contribution in [-0.2, 0) is 0 Å². The van der Waals surface area contributed by atoms with Crippen molar-refractivity contribution < 1.29 is 9.21 Å². The average Bonchev–Trinajstić information content (AvgIpc) is 2.51. The van der Waals surface area contributed by atoms with Gasteiger partial charge in [0.05, 0.1) is 6.26 Å². The molecular weight excluding hydrogens is 172 g/mol. The van der Waals surface area contributed by atoms with Crippen molar-refractivity contribution in [3.63, 3.8) is 0 Å². The van der Waals surface area contributed by atoms with E-state index in [0.717, 1.165) is 5.75 Å². The summed E-state index contributed by atoms with van der Waals surface area (Å²) in [6, 6.07) is 3.42. The highest BCUT2D eigenvalue weighted by Gasteiger charge is 2.09. The Kier molecular flexibility index (Phi) is 3.41. The van der Waals surface area contributed by atoms with Crippen LogP contribution >= 0.6 is 11.8 Å². The molecule has 66 valence electrons. The second-order valence-corrected chi connectivity index (χ2v) is 3.96. The zero-order valence-corrected chi connectivity index (χ0v) is 8.06. The van der Waals surface area contributed by atoms with E-state index in [4.69, 9.17) is 4.42 Å². The number of hydrogen-bond acceptors (Lipinski definition) is 3. The van der Waals surface area contributed by atoms with Crippen molar-refractivity contribution in [3.8, 4) is 0 Å². The SMILES string of the molecule is CC(C)CSC(=O)c1ccco1. The van der Waals surface area contributed by atoms with Gasteiger partial charge in [0.15, 0.2) is 5.76 Å². The summed E-state index contributed by atoms with van der Waals surface area (Å²) in [4.78, 5) is 11.3. The van der Waals surface area contributed by atoms with Gasteiger partial charge in [0.2, 0.25) is 0 Å². The number of hydrogen-bond donors (Lipinski definition) is 0. The summed E-state index contributed by atoms with van der Waals surface area (Å²) in [5.74, 6) is 1.83. The number of carbonyl (C=O) groups excluding carboxylic acids is 1. The van der Waals surface area contributed by atoms with E-state index >= 15 is 0 Å².